The minimum absolute atomic E-state index is 0.0698. The molecular weight excluding hydrogens is 320 g/mol. The maximum atomic E-state index is 12.2. The van der Waals surface area contributed by atoms with Gasteiger partial charge in [0.05, 0.1) is 4.47 Å². The number of hydrogen-bond acceptors (Lipinski definition) is 3. The second-order valence-electron chi connectivity index (χ2n) is 5.10. The van der Waals surface area contributed by atoms with E-state index in [1.807, 2.05) is 23.1 Å². The predicted molar refractivity (Wildman–Crippen MR) is 82.8 cm³/mol. The molecule has 1 aliphatic rings. The summed E-state index contributed by atoms with van der Waals surface area (Å²) < 4.78 is 6.65. The van der Waals surface area contributed by atoms with Gasteiger partial charge in [0.25, 0.3) is 5.91 Å². The first kappa shape index (κ1) is 15.3. The Morgan fingerprint density at radius 2 is 2.15 bits per heavy atom. The number of carbonyl (C=O) groups is 1. The smallest absolute Gasteiger partial charge is 0.263 e. The number of hydrogen-bond donors (Lipinski definition) is 1. The summed E-state index contributed by atoms with van der Waals surface area (Å²) in [7, 11) is 0. The summed E-state index contributed by atoms with van der Waals surface area (Å²) >= 11 is 3.49. The molecule has 2 N–H and O–H groups in total. The van der Waals surface area contributed by atoms with E-state index in [1.165, 1.54) is 0 Å². The number of nitrogens with zero attached hydrogens (tertiary/aromatic N) is 1. The van der Waals surface area contributed by atoms with E-state index in [0.29, 0.717) is 12.3 Å². The van der Waals surface area contributed by atoms with Crippen molar-refractivity contribution in [1.82, 2.24) is 4.90 Å². The van der Waals surface area contributed by atoms with Crippen LogP contribution >= 0.6 is 15.9 Å². The third-order valence-corrected chi connectivity index (χ3v) is 4.12. The SMILES string of the molecule is CC(Oc1ccc(CCN)cc1Br)C(=O)N1CCCC1. The molecular formula is C15H21BrN2O2. The summed E-state index contributed by atoms with van der Waals surface area (Å²) in [6.07, 6.45) is 2.57. The van der Waals surface area contributed by atoms with Gasteiger partial charge in [-0.15, -0.1) is 0 Å². The molecule has 1 unspecified atom stereocenters. The van der Waals surface area contributed by atoms with Crippen molar-refractivity contribution in [2.45, 2.75) is 32.3 Å². The van der Waals surface area contributed by atoms with Crippen LogP contribution in [0.4, 0.5) is 0 Å². The van der Waals surface area contributed by atoms with Gasteiger partial charge < -0.3 is 15.4 Å². The van der Waals surface area contributed by atoms with Crippen molar-refractivity contribution in [1.29, 1.82) is 0 Å². The van der Waals surface area contributed by atoms with Crippen LogP contribution in [0.15, 0.2) is 22.7 Å². The van der Waals surface area contributed by atoms with E-state index >= 15 is 0 Å². The topological polar surface area (TPSA) is 55.6 Å². The molecule has 1 amide bonds. The van der Waals surface area contributed by atoms with Gasteiger partial charge in [-0.1, -0.05) is 6.07 Å². The summed E-state index contributed by atoms with van der Waals surface area (Å²) in [5.74, 6) is 0.770. The standard InChI is InChI=1S/C15H21BrN2O2/c1-11(15(19)18-8-2-3-9-18)20-14-5-4-12(6-7-17)10-13(14)16/h4-5,10-11H,2-3,6-9,17H2,1H3. The molecule has 20 heavy (non-hydrogen) atoms. The first-order chi connectivity index (χ1) is 9.61. The Hall–Kier alpha value is -1.07. The zero-order valence-corrected chi connectivity index (χ0v) is 13.4. The Morgan fingerprint density at radius 3 is 2.75 bits per heavy atom. The van der Waals surface area contributed by atoms with Gasteiger partial charge >= 0.3 is 0 Å². The molecule has 0 radical (unpaired) electrons. The lowest BCUT2D eigenvalue weighted by Gasteiger charge is -2.21. The van der Waals surface area contributed by atoms with Gasteiger partial charge in [-0.2, -0.15) is 0 Å². The van der Waals surface area contributed by atoms with Crippen LogP contribution in [0, 0.1) is 0 Å². The van der Waals surface area contributed by atoms with Crippen LogP contribution < -0.4 is 10.5 Å². The summed E-state index contributed by atoms with van der Waals surface area (Å²) in [5.41, 5.74) is 6.70. The second-order valence-corrected chi connectivity index (χ2v) is 5.95. The van der Waals surface area contributed by atoms with Crippen LogP contribution in [0.3, 0.4) is 0 Å². The fraction of sp³-hybridized carbons (Fsp3) is 0.533. The number of ether oxygens (including phenoxy) is 1. The predicted octanol–water partition coefficient (Wildman–Crippen LogP) is 2.34. The quantitative estimate of drug-likeness (QED) is 0.894. The van der Waals surface area contributed by atoms with Crippen molar-refractivity contribution >= 4 is 21.8 Å². The fourth-order valence-electron chi connectivity index (χ4n) is 2.40. The van der Waals surface area contributed by atoms with E-state index in [9.17, 15) is 4.79 Å². The Kier molecular flexibility index (Phi) is 5.43. The molecule has 1 fully saturated rings. The molecule has 0 aromatic heterocycles. The largest absolute Gasteiger partial charge is 0.480 e. The second kappa shape index (κ2) is 7.09. The highest BCUT2D eigenvalue weighted by atomic mass is 79.9. The van der Waals surface area contributed by atoms with E-state index in [4.69, 9.17) is 10.5 Å². The van der Waals surface area contributed by atoms with Crippen LogP contribution in [-0.4, -0.2) is 36.5 Å². The van der Waals surface area contributed by atoms with Crippen molar-refractivity contribution < 1.29 is 9.53 Å². The van der Waals surface area contributed by atoms with Gasteiger partial charge in [-0.3, -0.25) is 4.79 Å². The van der Waals surface area contributed by atoms with Gasteiger partial charge in [0.2, 0.25) is 0 Å². The Labute approximate surface area is 128 Å². The van der Waals surface area contributed by atoms with Gasteiger partial charge in [-0.05, 0) is 66.4 Å². The number of halogens is 1. The van der Waals surface area contributed by atoms with Crippen LogP contribution in [0.1, 0.15) is 25.3 Å². The van der Waals surface area contributed by atoms with Crippen LogP contribution in [-0.2, 0) is 11.2 Å². The molecule has 0 aliphatic carbocycles. The molecule has 110 valence electrons. The molecule has 1 aromatic carbocycles. The number of carbonyl (C=O) groups excluding carboxylic acids is 1. The lowest BCUT2D eigenvalue weighted by Crippen LogP contribution is -2.38. The van der Waals surface area contributed by atoms with E-state index in [1.54, 1.807) is 6.92 Å². The van der Waals surface area contributed by atoms with Gasteiger partial charge in [0.1, 0.15) is 5.75 Å². The average molecular weight is 341 g/mol. The normalized spacial score (nSPS) is 16.2. The van der Waals surface area contributed by atoms with E-state index < -0.39 is 6.10 Å². The van der Waals surface area contributed by atoms with E-state index in [-0.39, 0.29) is 5.91 Å². The zero-order valence-electron chi connectivity index (χ0n) is 11.8. The highest BCUT2D eigenvalue weighted by Gasteiger charge is 2.24. The van der Waals surface area contributed by atoms with Crippen molar-refractivity contribution in [3.8, 4) is 5.75 Å². The summed E-state index contributed by atoms with van der Waals surface area (Å²) in [5, 5.41) is 0. The highest BCUT2D eigenvalue weighted by molar-refractivity contribution is 9.10. The van der Waals surface area contributed by atoms with Gasteiger partial charge in [-0.25, -0.2) is 0 Å². The lowest BCUT2D eigenvalue weighted by atomic mass is 10.1. The number of amides is 1. The monoisotopic (exact) mass is 340 g/mol. The molecule has 0 spiro atoms. The summed E-state index contributed by atoms with van der Waals surface area (Å²) in [6.45, 7) is 4.13. The Morgan fingerprint density at radius 1 is 1.45 bits per heavy atom. The molecule has 2 rings (SSSR count). The number of benzene rings is 1. The molecule has 1 saturated heterocycles. The zero-order chi connectivity index (χ0) is 14.5. The van der Waals surface area contributed by atoms with Crippen molar-refractivity contribution in [2.75, 3.05) is 19.6 Å². The average Bonchev–Trinajstić information content (AvgIpc) is 2.95. The summed E-state index contributed by atoms with van der Waals surface area (Å²) in [6, 6.07) is 5.87. The minimum atomic E-state index is -0.454. The number of likely N-dealkylation sites (tertiary alicyclic amines) is 1. The number of rotatable bonds is 5. The van der Waals surface area contributed by atoms with Gasteiger partial charge in [0.15, 0.2) is 6.10 Å². The molecule has 0 bridgehead atoms. The fourth-order valence-corrected chi connectivity index (χ4v) is 2.92. The Balaban J connectivity index is 1.99. The third kappa shape index (κ3) is 3.73. The molecule has 1 heterocycles. The summed E-state index contributed by atoms with van der Waals surface area (Å²) in [4.78, 5) is 14.1. The van der Waals surface area contributed by atoms with Crippen molar-refractivity contribution in [3.05, 3.63) is 28.2 Å². The molecule has 1 aliphatic heterocycles. The lowest BCUT2D eigenvalue weighted by molar-refractivity contribution is -0.136. The number of nitrogens with two attached hydrogens (primary N) is 1. The molecule has 1 atom stereocenters. The molecule has 0 saturated carbocycles. The van der Waals surface area contributed by atoms with Crippen molar-refractivity contribution in [2.24, 2.45) is 5.73 Å². The molecule has 5 heteroatoms. The molecule has 4 nitrogen and oxygen atoms in total. The first-order valence-electron chi connectivity index (χ1n) is 7.05. The van der Waals surface area contributed by atoms with Crippen molar-refractivity contribution in [3.63, 3.8) is 0 Å². The van der Waals surface area contributed by atoms with Gasteiger partial charge in [0, 0.05) is 13.1 Å². The minimum Gasteiger partial charge on any atom is -0.480 e. The van der Waals surface area contributed by atoms with Crippen LogP contribution in [0.25, 0.3) is 0 Å². The highest BCUT2D eigenvalue weighted by Crippen LogP contribution is 2.27. The maximum absolute atomic E-state index is 12.2. The third-order valence-electron chi connectivity index (χ3n) is 3.50. The van der Waals surface area contributed by atoms with E-state index in [0.717, 1.165) is 42.4 Å². The first-order valence-corrected chi connectivity index (χ1v) is 7.85. The van der Waals surface area contributed by atoms with E-state index in [2.05, 4.69) is 15.9 Å². The van der Waals surface area contributed by atoms with Crippen LogP contribution in [0.5, 0.6) is 5.75 Å². The molecule has 1 aromatic rings. The maximum Gasteiger partial charge on any atom is 0.263 e. The Bertz CT molecular complexity index is 473. The van der Waals surface area contributed by atoms with Crippen LogP contribution in [0.2, 0.25) is 0 Å².